The highest BCUT2D eigenvalue weighted by Gasteiger charge is 2.04. The molecule has 0 amide bonds. The monoisotopic (exact) mass is 351 g/mol. The quantitative estimate of drug-likeness (QED) is 0.488. The van der Waals surface area contributed by atoms with Gasteiger partial charge in [-0.2, -0.15) is 0 Å². The van der Waals surface area contributed by atoms with Crippen LogP contribution < -0.4 is 10.6 Å². The second-order valence-electron chi connectivity index (χ2n) is 3.72. The number of aryl methyl sites for hydroxylation is 2. The van der Waals surface area contributed by atoms with Gasteiger partial charge in [0.15, 0.2) is 5.96 Å². The van der Waals surface area contributed by atoms with Gasteiger partial charge < -0.3 is 10.6 Å². The summed E-state index contributed by atoms with van der Waals surface area (Å²) < 4.78 is 13.4. The molecule has 0 aliphatic carbocycles. The first-order valence-electron chi connectivity index (χ1n) is 5.22. The Morgan fingerprint density at radius 3 is 2.24 bits per heavy atom. The first-order valence-corrected chi connectivity index (χ1v) is 5.22. The van der Waals surface area contributed by atoms with Gasteiger partial charge in [0.25, 0.3) is 0 Å². The van der Waals surface area contributed by atoms with Crippen molar-refractivity contribution in [1.29, 1.82) is 0 Å². The van der Waals surface area contributed by atoms with E-state index in [9.17, 15) is 4.39 Å². The van der Waals surface area contributed by atoms with Crippen LogP contribution in [-0.4, -0.2) is 20.1 Å². The molecule has 0 radical (unpaired) electrons. The molecule has 0 aliphatic heterocycles. The third-order valence-corrected chi connectivity index (χ3v) is 2.42. The van der Waals surface area contributed by atoms with Crippen molar-refractivity contribution in [3.63, 3.8) is 0 Å². The number of guanidine groups is 1. The zero-order valence-corrected chi connectivity index (χ0v) is 12.9. The zero-order chi connectivity index (χ0) is 12.1. The summed E-state index contributed by atoms with van der Waals surface area (Å²) in [5.74, 6) is 0.598. The zero-order valence-electron chi connectivity index (χ0n) is 10.6. The Labute approximate surface area is 119 Å². The molecular weight excluding hydrogens is 332 g/mol. The lowest BCUT2D eigenvalue weighted by Crippen LogP contribution is -2.34. The molecule has 5 heteroatoms. The lowest BCUT2D eigenvalue weighted by Gasteiger charge is -2.10. The maximum absolute atomic E-state index is 13.4. The van der Waals surface area contributed by atoms with Crippen molar-refractivity contribution in [2.45, 2.75) is 20.4 Å². The number of rotatable bonds is 2. The Morgan fingerprint density at radius 2 is 1.82 bits per heavy atom. The molecule has 1 rings (SSSR count). The fourth-order valence-corrected chi connectivity index (χ4v) is 1.60. The van der Waals surface area contributed by atoms with E-state index in [1.54, 1.807) is 27.9 Å². The Bertz CT molecular complexity index is 382. The Hall–Kier alpha value is -0.850. The van der Waals surface area contributed by atoms with Gasteiger partial charge in [0.1, 0.15) is 5.82 Å². The minimum absolute atomic E-state index is 0. The standard InChI is InChI=1S/C12H18FN3.HI/c1-8-5-10(6-9(2)11(8)13)7-16-12(14-3)15-4;/h5-6H,7H2,1-4H3,(H2,14,15,16);1H. The van der Waals surface area contributed by atoms with E-state index in [-0.39, 0.29) is 29.8 Å². The summed E-state index contributed by atoms with van der Waals surface area (Å²) in [6.07, 6.45) is 0. The summed E-state index contributed by atoms with van der Waals surface area (Å²) in [6, 6.07) is 3.69. The van der Waals surface area contributed by atoms with Gasteiger partial charge in [0.05, 0.1) is 0 Å². The highest BCUT2D eigenvalue weighted by atomic mass is 127. The SMILES string of the molecule is CN=C(NC)NCc1cc(C)c(F)c(C)c1.I. The van der Waals surface area contributed by atoms with Gasteiger partial charge in [-0.1, -0.05) is 12.1 Å². The van der Waals surface area contributed by atoms with E-state index in [1.165, 1.54) is 0 Å². The molecule has 0 unspecified atom stereocenters. The fourth-order valence-electron chi connectivity index (χ4n) is 1.60. The van der Waals surface area contributed by atoms with Gasteiger partial charge in [-0.05, 0) is 30.5 Å². The molecule has 0 aliphatic rings. The van der Waals surface area contributed by atoms with E-state index in [1.807, 2.05) is 12.1 Å². The maximum Gasteiger partial charge on any atom is 0.190 e. The van der Waals surface area contributed by atoms with Crippen molar-refractivity contribution in [2.75, 3.05) is 14.1 Å². The van der Waals surface area contributed by atoms with E-state index < -0.39 is 0 Å². The summed E-state index contributed by atoms with van der Waals surface area (Å²) in [7, 11) is 3.51. The average Bonchev–Trinajstić information content (AvgIpc) is 2.27. The molecule has 0 bridgehead atoms. The first kappa shape index (κ1) is 16.1. The molecule has 0 spiro atoms. The Morgan fingerprint density at radius 1 is 1.29 bits per heavy atom. The van der Waals surface area contributed by atoms with Crippen LogP contribution >= 0.6 is 24.0 Å². The second-order valence-corrected chi connectivity index (χ2v) is 3.72. The van der Waals surface area contributed by atoms with Crippen molar-refractivity contribution in [2.24, 2.45) is 4.99 Å². The number of nitrogens with one attached hydrogen (secondary N) is 2. The number of nitrogens with zero attached hydrogens (tertiary/aromatic N) is 1. The molecule has 1 aromatic rings. The average molecular weight is 351 g/mol. The molecule has 2 N–H and O–H groups in total. The highest BCUT2D eigenvalue weighted by Crippen LogP contribution is 2.14. The summed E-state index contributed by atoms with van der Waals surface area (Å²) in [5.41, 5.74) is 2.40. The van der Waals surface area contributed by atoms with Crippen LogP contribution in [0, 0.1) is 19.7 Å². The van der Waals surface area contributed by atoms with Gasteiger partial charge in [0, 0.05) is 20.6 Å². The normalized spacial score (nSPS) is 10.8. The first-order chi connectivity index (χ1) is 7.58. The van der Waals surface area contributed by atoms with Crippen molar-refractivity contribution >= 4 is 29.9 Å². The van der Waals surface area contributed by atoms with Gasteiger partial charge in [0.2, 0.25) is 0 Å². The molecule has 3 nitrogen and oxygen atoms in total. The molecule has 96 valence electrons. The van der Waals surface area contributed by atoms with E-state index in [2.05, 4.69) is 15.6 Å². The van der Waals surface area contributed by atoms with Gasteiger partial charge in [-0.3, -0.25) is 4.99 Å². The van der Waals surface area contributed by atoms with Crippen molar-refractivity contribution < 1.29 is 4.39 Å². The number of halogens is 2. The van der Waals surface area contributed by atoms with Crippen molar-refractivity contribution in [3.8, 4) is 0 Å². The Kier molecular flexibility index (Phi) is 7.10. The van der Waals surface area contributed by atoms with Gasteiger partial charge in [-0.15, -0.1) is 24.0 Å². The Balaban J connectivity index is 0.00000256. The molecule has 0 saturated heterocycles. The van der Waals surface area contributed by atoms with Gasteiger partial charge >= 0.3 is 0 Å². The number of hydrogen-bond donors (Lipinski definition) is 2. The molecule has 0 heterocycles. The molecule has 1 aromatic carbocycles. The van der Waals surface area contributed by atoms with Crippen molar-refractivity contribution in [3.05, 3.63) is 34.6 Å². The minimum Gasteiger partial charge on any atom is -0.359 e. The van der Waals surface area contributed by atoms with E-state index >= 15 is 0 Å². The molecule has 0 atom stereocenters. The third-order valence-electron chi connectivity index (χ3n) is 2.42. The lowest BCUT2D eigenvalue weighted by atomic mass is 10.1. The van der Waals surface area contributed by atoms with Crippen LogP contribution in [-0.2, 0) is 6.54 Å². The van der Waals surface area contributed by atoms with Crippen LogP contribution in [0.5, 0.6) is 0 Å². The molecule has 0 fully saturated rings. The van der Waals surface area contributed by atoms with E-state index in [4.69, 9.17) is 0 Å². The predicted octanol–water partition coefficient (Wildman–Crippen LogP) is 2.36. The number of hydrogen-bond acceptors (Lipinski definition) is 1. The van der Waals surface area contributed by atoms with Crippen LogP contribution in [0.15, 0.2) is 17.1 Å². The topological polar surface area (TPSA) is 36.4 Å². The summed E-state index contributed by atoms with van der Waals surface area (Å²) in [6.45, 7) is 4.19. The summed E-state index contributed by atoms with van der Waals surface area (Å²) in [4.78, 5) is 4.00. The molecule has 17 heavy (non-hydrogen) atoms. The van der Waals surface area contributed by atoms with Crippen LogP contribution in [0.4, 0.5) is 4.39 Å². The maximum atomic E-state index is 13.4. The number of aliphatic imine (C=N–C) groups is 1. The molecular formula is C12H19FIN3. The highest BCUT2D eigenvalue weighted by molar-refractivity contribution is 14.0. The third kappa shape index (κ3) is 4.49. The largest absolute Gasteiger partial charge is 0.359 e. The van der Waals surface area contributed by atoms with Gasteiger partial charge in [-0.25, -0.2) is 4.39 Å². The molecule has 0 aromatic heterocycles. The minimum atomic E-state index is -0.123. The number of benzene rings is 1. The predicted molar refractivity (Wildman–Crippen MR) is 80.5 cm³/mol. The fraction of sp³-hybridized carbons (Fsp3) is 0.417. The van der Waals surface area contributed by atoms with E-state index in [0.717, 1.165) is 11.5 Å². The van der Waals surface area contributed by atoms with Crippen LogP contribution in [0.25, 0.3) is 0 Å². The molecule has 0 saturated carbocycles. The van der Waals surface area contributed by atoms with E-state index in [0.29, 0.717) is 17.7 Å². The van der Waals surface area contributed by atoms with Crippen LogP contribution in [0.2, 0.25) is 0 Å². The second kappa shape index (κ2) is 7.47. The van der Waals surface area contributed by atoms with Crippen LogP contribution in [0.3, 0.4) is 0 Å². The summed E-state index contributed by atoms with van der Waals surface area (Å²) >= 11 is 0. The smallest absolute Gasteiger partial charge is 0.190 e. The van der Waals surface area contributed by atoms with Crippen LogP contribution in [0.1, 0.15) is 16.7 Å². The lowest BCUT2D eigenvalue weighted by molar-refractivity contribution is 0.608. The summed E-state index contributed by atoms with van der Waals surface area (Å²) in [5, 5.41) is 6.05. The van der Waals surface area contributed by atoms with Crippen molar-refractivity contribution in [1.82, 2.24) is 10.6 Å².